The molecule has 6 rings (SSSR count). The molecule has 10 nitrogen and oxygen atoms in total. The summed E-state index contributed by atoms with van der Waals surface area (Å²) in [6.07, 6.45) is 8.48. The third kappa shape index (κ3) is 7.03. The molecule has 0 aromatic heterocycles. The maximum atomic E-state index is 13.4. The van der Waals surface area contributed by atoms with Gasteiger partial charge in [0, 0.05) is 82.5 Å². The van der Waals surface area contributed by atoms with Crippen molar-refractivity contribution in [2.45, 2.75) is 82.0 Å². The second-order valence-electron chi connectivity index (χ2n) is 12.0. The van der Waals surface area contributed by atoms with Crippen molar-refractivity contribution in [3.05, 3.63) is 53.6 Å². The number of ether oxygens (including phenoxy) is 4. The minimum Gasteiger partial charge on any atom is -0.490 e. The van der Waals surface area contributed by atoms with Crippen LogP contribution in [0.15, 0.2) is 53.0 Å². The number of benzene rings is 1. The lowest BCUT2D eigenvalue weighted by atomic mass is 10.0. The van der Waals surface area contributed by atoms with Crippen LogP contribution in [0.3, 0.4) is 0 Å². The van der Waals surface area contributed by atoms with Gasteiger partial charge < -0.3 is 39.8 Å². The van der Waals surface area contributed by atoms with Crippen molar-refractivity contribution in [3.63, 3.8) is 0 Å². The average Bonchev–Trinajstić information content (AvgIpc) is 3.75. The first-order chi connectivity index (χ1) is 20.5. The van der Waals surface area contributed by atoms with Gasteiger partial charge in [-0.3, -0.25) is 4.79 Å². The molecular weight excluding hydrogens is 534 g/mol. The lowest BCUT2D eigenvalue weighted by Gasteiger charge is -2.34. The third-order valence-electron chi connectivity index (χ3n) is 8.90. The minimum absolute atomic E-state index is 0.0915. The molecule has 0 unspecified atom stereocenters. The van der Waals surface area contributed by atoms with Crippen molar-refractivity contribution < 1.29 is 23.7 Å². The second-order valence-corrected chi connectivity index (χ2v) is 12.0. The number of hydrogen-bond donors (Lipinski definition) is 2. The molecule has 4 heterocycles. The predicted octanol–water partition coefficient (Wildman–Crippen LogP) is 3.54. The average molecular weight is 580 g/mol. The molecule has 1 saturated carbocycles. The standard InChI is InChI=1S/C32H45N5O5/c1-22(34-24-10-17-39-18-11-24)30-29(14-21-41-30)35-32(33)36-15-8-28(9-16-36)42-27-6-2-23(3-7-27)31(38)37(25-4-5-25)26-12-19-40-20-13-26/h2-3,6-7,24-26,28,34H,1,4-5,8-21H2,(H2,33,35). The molecule has 4 aliphatic heterocycles. The molecule has 228 valence electrons. The summed E-state index contributed by atoms with van der Waals surface area (Å²) in [7, 11) is 0. The lowest BCUT2D eigenvalue weighted by Crippen LogP contribution is -2.45. The Balaban J connectivity index is 0.998. The Labute approximate surface area is 248 Å². The zero-order chi connectivity index (χ0) is 28.9. The summed E-state index contributed by atoms with van der Waals surface area (Å²) in [6.45, 7) is 9.34. The number of nitrogens with one attached hydrogen (secondary N) is 1. The fraction of sp³-hybridized carbons (Fsp3) is 0.625. The molecule has 42 heavy (non-hydrogen) atoms. The van der Waals surface area contributed by atoms with Crippen LogP contribution >= 0.6 is 0 Å². The van der Waals surface area contributed by atoms with E-state index in [9.17, 15) is 4.79 Å². The fourth-order valence-electron chi connectivity index (χ4n) is 6.34. The molecule has 5 aliphatic rings. The van der Waals surface area contributed by atoms with Crippen LogP contribution in [0.1, 0.15) is 68.1 Å². The monoisotopic (exact) mass is 579 g/mol. The maximum Gasteiger partial charge on any atom is 0.254 e. The van der Waals surface area contributed by atoms with Crippen LogP contribution in [0.5, 0.6) is 5.75 Å². The van der Waals surface area contributed by atoms with Gasteiger partial charge in [0.1, 0.15) is 11.9 Å². The molecular formula is C32H45N5O5. The van der Waals surface area contributed by atoms with E-state index < -0.39 is 0 Å². The highest BCUT2D eigenvalue weighted by molar-refractivity contribution is 5.95. The van der Waals surface area contributed by atoms with Crippen LogP contribution in [0.4, 0.5) is 0 Å². The number of carbonyl (C=O) groups is 1. The van der Waals surface area contributed by atoms with Crippen molar-refractivity contribution in [2.24, 2.45) is 10.7 Å². The molecule has 0 spiro atoms. The number of likely N-dealkylation sites (tertiary alicyclic amines) is 1. The van der Waals surface area contributed by atoms with Gasteiger partial charge in [0.15, 0.2) is 11.7 Å². The molecule has 3 saturated heterocycles. The van der Waals surface area contributed by atoms with E-state index in [0.29, 0.717) is 24.7 Å². The summed E-state index contributed by atoms with van der Waals surface area (Å²) in [4.78, 5) is 22.4. The van der Waals surface area contributed by atoms with Crippen LogP contribution in [-0.2, 0) is 14.2 Å². The van der Waals surface area contributed by atoms with E-state index in [2.05, 4.69) is 21.7 Å². The fourth-order valence-corrected chi connectivity index (χ4v) is 6.34. The predicted molar refractivity (Wildman–Crippen MR) is 160 cm³/mol. The van der Waals surface area contributed by atoms with Gasteiger partial charge in [0.25, 0.3) is 5.91 Å². The second kappa shape index (κ2) is 13.4. The summed E-state index contributed by atoms with van der Waals surface area (Å²) in [5, 5.41) is 3.49. The first-order valence-electron chi connectivity index (χ1n) is 15.7. The first-order valence-corrected chi connectivity index (χ1v) is 15.7. The van der Waals surface area contributed by atoms with Gasteiger partial charge >= 0.3 is 0 Å². The van der Waals surface area contributed by atoms with E-state index in [4.69, 9.17) is 29.7 Å². The van der Waals surface area contributed by atoms with E-state index in [1.54, 1.807) is 0 Å². The molecule has 4 fully saturated rings. The van der Waals surface area contributed by atoms with Crippen LogP contribution in [0, 0.1) is 0 Å². The molecule has 0 radical (unpaired) electrons. The van der Waals surface area contributed by atoms with Crippen LogP contribution < -0.4 is 15.8 Å². The Hall–Kier alpha value is -3.24. The maximum absolute atomic E-state index is 13.4. The molecule has 1 amide bonds. The highest BCUT2D eigenvalue weighted by Crippen LogP contribution is 2.33. The molecule has 0 bridgehead atoms. The van der Waals surface area contributed by atoms with Crippen LogP contribution in [-0.4, -0.2) is 92.0 Å². The van der Waals surface area contributed by atoms with Gasteiger partial charge in [0.05, 0.1) is 18.0 Å². The van der Waals surface area contributed by atoms with Crippen molar-refractivity contribution in [2.75, 3.05) is 46.1 Å². The molecule has 1 aliphatic carbocycles. The zero-order valence-electron chi connectivity index (χ0n) is 24.6. The Morgan fingerprint density at radius 1 is 0.929 bits per heavy atom. The Bertz CT molecular complexity index is 1160. The molecule has 1 aromatic carbocycles. The quantitative estimate of drug-likeness (QED) is 0.338. The number of guanidine groups is 1. The van der Waals surface area contributed by atoms with E-state index in [0.717, 1.165) is 126 Å². The molecule has 0 atom stereocenters. The largest absolute Gasteiger partial charge is 0.490 e. The van der Waals surface area contributed by atoms with Crippen molar-refractivity contribution in [1.82, 2.24) is 15.1 Å². The summed E-state index contributed by atoms with van der Waals surface area (Å²) in [6, 6.07) is 8.69. The smallest absolute Gasteiger partial charge is 0.254 e. The third-order valence-corrected chi connectivity index (χ3v) is 8.90. The number of rotatable bonds is 9. The highest BCUT2D eigenvalue weighted by atomic mass is 16.5. The summed E-state index contributed by atoms with van der Waals surface area (Å²) in [5.74, 6) is 2.16. The Morgan fingerprint density at radius 3 is 2.24 bits per heavy atom. The summed E-state index contributed by atoms with van der Waals surface area (Å²) >= 11 is 0. The number of nitrogens with zero attached hydrogens (tertiary/aromatic N) is 3. The van der Waals surface area contributed by atoms with Crippen molar-refractivity contribution in [1.29, 1.82) is 0 Å². The molecule has 10 heteroatoms. The van der Waals surface area contributed by atoms with Crippen molar-refractivity contribution in [3.8, 4) is 5.75 Å². The van der Waals surface area contributed by atoms with E-state index in [-0.39, 0.29) is 18.1 Å². The van der Waals surface area contributed by atoms with E-state index in [1.165, 1.54) is 0 Å². The van der Waals surface area contributed by atoms with Gasteiger partial charge in [-0.15, -0.1) is 0 Å². The van der Waals surface area contributed by atoms with Gasteiger partial charge in [-0.05, 0) is 62.8 Å². The van der Waals surface area contributed by atoms with E-state index in [1.807, 2.05) is 24.3 Å². The number of hydrogen-bond acceptors (Lipinski definition) is 7. The normalized spacial score (nSPS) is 23.0. The molecule has 1 aromatic rings. The first kappa shape index (κ1) is 28.9. The van der Waals surface area contributed by atoms with Crippen LogP contribution in [0.25, 0.3) is 0 Å². The van der Waals surface area contributed by atoms with Gasteiger partial charge in [-0.25, -0.2) is 4.99 Å². The number of nitrogens with two attached hydrogens (primary N) is 1. The van der Waals surface area contributed by atoms with Gasteiger partial charge in [-0.1, -0.05) is 6.58 Å². The van der Waals surface area contributed by atoms with Crippen LogP contribution in [0.2, 0.25) is 0 Å². The van der Waals surface area contributed by atoms with Gasteiger partial charge in [0.2, 0.25) is 0 Å². The van der Waals surface area contributed by atoms with Crippen molar-refractivity contribution >= 4 is 11.9 Å². The SMILES string of the molecule is C=C(NC1CCOCC1)C1=C(N=C(N)N2CCC(Oc3ccc(C(=O)N(C4CCOCC4)C4CC4)cc3)CC2)CCO1. The lowest BCUT2D eigenvalue weighted by molar-refractivity contribution is 0.0267. The highest BCUT2D eigenvalue weighted by Gasteiger charge is 2.38. The Morgan fingerprint density at radius 2 is 1.57 bits per heavy atom. The number of carbonyl (C=O) groups excluding carboxylic acids is 1. The summed E-state index contributed by atoms with van der Waals surface area (Å²) in [5.41, 5.74) is 8.81. The Kier molecular flexibility index (Phi) is 9.19. The number of piperidine rings is 1. The topological polar surface area (TPSA) is 111 Å². The molecule has 3 N–H and O–H groups in total. The number of aliphatic imine (C=N–C) groups is 1. The van der Waals surface area contributed by atoms with E-state index >= 15 is 0 Å². The van der Waals surface area contributed by atoms with Gasteiger partial charge in [-0.2, -0.15) is 0 Å². The zero-order valence-corrected chi connectivity index (χ0v) is 24.6. The summed E-state index contributed by atoms with van der Waals surface area (Å²) < 4.78 is 23.2. The minimum atomic E-state index is 0.0915. The number of amides is 1.